The number of hydrogen-bond acceptors (Lipinski definition) is 1. The number of nitrogens with two attached hydrogens (primary N) is 1. The van der Waals surface area contributed by atoms with E-state index < -0.39 is 12.7 Å². The van der Waals surface area contributed by atoms with Crippen LogP contribution in [0.5, 0.6) is 0 Å². The van der Waals surface area contributed by atoms with Crippen molar-refractivity contribution >= 4 is 21.6 Å². The van der Waals surface area contributed by atoms with E-state index in [1.807, 2.05) is 0 Å². The zero-order valence-electron chi connectivity index (χ0n) is 7.99. The van der Waals surface area contributed by atoms with Crippen LogP contribution in [0, 0.1) is 12.7 Å². The predicted octanol–water partition coefficient (Wildman–Crippen LogP) is 2.48. The monoisotopic (exact) mass is 206 g/mol. The first kappa shape index (κ1) is 4.34. The molecular formula is C7H7BrFN. The number of anilines is 1. The topological polar surface area (TPSA) is 26.0 Å². The lowest BCUT2D eigenvalue weighted by Crippen LogP contribution is -1.89. The molecule has 0 atom stereocenters. The highest BCUT2D eigenvalue weighted by atomic mass is 79.9. The van der Waals surface area contributed by atoms with Crippen molar-refractivity contribution in [2.24, 2.45) is 0 Å². The van der Waals surface area contributed by atoms with Crippen LogP contribution in [0.2, 0.25) is 0 Å². The van der Waals surface area contributed by atoms with Gasteiger partial charge in [-0.25, -0.2) is 4.39 Å². The molecule has 2 N–H and O–H groups in total. The van der Waals surface area contributed by atoms with Gasteiger partial charge in [-0.15, -0.1) is 0 Å². The van der Waals surface area contributed by atoms with Crippen LogP contribution in [-0.4, -0.2) is 0 Å². The third-order valence-electron chi connectivity index (χ3n) is 1.06. The Morgan fingerprint density at radius 3 is 2.90 bits per heavy atom. The fraction of sp³-hybridized carbons (Fsp3) is 0.143. The third kappa shape index (κ3) is 1.29. The molecule has 0 aliphatic carbocycles. The van der Waals surface area contributed by atoms with Crippen molar-refractivity contribution in [3.8, 4) is 0 Å². The number of hydrogen-bond donors (Lipinski definition) is 1. The Hall–Kier alpha value is -0.570. The second kappa shape index (κ2) is 2.58. The van der Waals surface area contributed by atoms with Gasteiger partial charge in [0.25, 0.3) is 0 Å². The lowest BCUT2D eigenvalue weighted by Gasteiger charge is -2.00. The van der Waals surface area contributed by atoms with Crippen LogP contribution in [0.15, 0.2) is 16.6 Å². The summed E-state index contributed by atoms with van der Waals surface area (Å²) in [4.78, 5) is 0. The second-order valence-corrected chi connectivity index (χ2v) is 2.71. The van der Waals surface area contributed by atoms with E-state index >= 15 is 0 Å². The van der Waals surface area contributed by atoms with Gasteiger partial charge in [0.15, 0.2) is 0 Å². The predicted molar refractivity (Wildman–Crippen MR) is 43.2 cm³/mol. The average molecular weight is 207 g/mol. The van der Waals surface area contributed by atoms with Crippen LogP contribution in [-0.2, 0) is 0 Å². The first-order chi connectivity index (χ1) is 5.82. The van der Waals surface area contributed by atoms with Crippen molar-refractivity contribution in [2.75, 3.05) is 5.73 Å². The molecule has 1 aromatic rings. The highest BCUT2D eigenvalue weighted by molar-refractivity contribution is 9.10. The minimum Gasteiger partial charge on any atom is -0.399 e. The number of benzene rings is 1. The molecule has 1 aromatic carbocycles. The summed E-state index contributed by atoms with van der Waals surface area (Å²) in [5.74, 6) is -0.813. The first-order valence-electron chi connectivity index (χ1n) is 4.07. The summed E-state index contributed by atoms with van der Waals surface area (Å²) < 4.78 is 34.5. The van der Waals surface area contributed by atoms with Gasteiger partial charge < -0.3 is 5.73 Å². The van der Waals surface area contributed by atoms with E-state index in [2.05, 4.69) is 15.9 Å². The van der Waals surface area contributed by atoms with Crippen LogP contribution >= 0.6 is 15.9 Å². The Kier molecular flexibility index (Phi) is 1.12. The van der Waals surface area contributed by atoms with E-state index in [1.54, 1.807) is 0 Å². The van der Waals surface area contributed by atoms with Crippen molar-refractivity contribution < 1.29 is 8.50 Å². The average Bonchev–Trinajstić information content (AvgIpc) is 1.78. The molecule has 0 saturated heterocycles. The maximum Gasteiger partial charge on any atom is 0.129 e. The van der Waals surface area contributed by atoms with E-state index in [0.717, 1.165) is 6.07 Å². The molecule has 0 heterocycles. The summed E-state index contributed by atoms with van der Waals surface area (Å²) in [7, 11) is 0. The van der Waals surface area contributed by atoms with Crippen LogP contribution in [0.1, 0.15) is 9.68 Å². The Balaban J connectivity index is 3.38. The Morgan fingerprint density at radius 1 is 1.70 bits per heavy atom. The number of nitrogen functional groups attached to an aromatic ring is 1. The highest BCUT2D eigenvalue weighted by Crippen LogP contribution is 2.21. The summed E-state index contributed by atoms with van der Waals surface area (Å²) in [6, 6.07) is 2.36. The summed E-state index contributed by atoms with van der Waals surface area (Å²) in [6.07, 6.45) is 0. The summed E-state index contributed by atoms with van der Waals surface area (Å²) in [5, 5.41) is 0. The van der Waals surface area contributed by atoms with Gasteiger partial charge in [-0.3, -0.25) is 0 Å². The van der Waals surface area contributed by atoms with Crippen LogP contribution in [0.25, 0.3) is 0 Å². The zero-order valence-corrected chi connectivity index (χ0v) is 6.57. The molecule has 54 valence electrons. The van der Waals surface area contributed by atoms with Gasteiger partial charge in [-0.1, -0.05) is 15.9 Å². The zero-order chi connectivity index (χ0) is 10.2. The van der Waals surface area contributed by atoms with Crippen molar-refractivity contribution in [1.29, 1.82) is 0 Å². The molecule has 0 amide bonds. The van der Waals surface area contributed by atoms with E-state index in [-0.39, 0.29) is 15.7 Å². The molecule has 3 heteroatoms. The number of rotatable bonds is 0. The van der Waals surface area contributed by atoms with Crippen molar-refractivity contribution in [3.63, 3.8) is 0 Å². The first-order valence-corrected chi connectivity index (χ1v) is 3.36. The van der Waals surface area contributed by atoms with Crippen molar-refractivity contribution in [3.05, 3.63) is 28.0 Å². The maximum absolute atomic E-state index is 13.1. The van der Waals surface area contributed by atoms with Crippen LogP contribution in [0.4, 0.5) is 10.1 Å². The van der Waals surface area contributed by atoms with E-state index in [4.69, 9.17) is 9.85 Å². The minimum atomic E-state index is -2.46. The third-order valence-corrected chi connectivity index (χ3v) is 1.69. The summed E-state index contributed by atoms with van der Waals surface area (Å²) >= 11 is 2.95. The fourth-order valence-electron chi connectivity index (χ4n) is 0.593. The molecule has 0 fully saturated rings. The second-order valence-electron chi connectivity index (χ2n) is 1.86. The van der Waals surface area contributed by atoms with E-state index in [0.29, 0.717) is 0 Å². The molecule has 0 aliphatic heterocycles. The lowest BCUT2D eigenvalue weighted by atomic mass is 10.2. The van der Waals surface area contributed by atoms with Gasteiger partial charge in [0, 0.05) is 14.3 Å². The Morgan fingerprint density at radius 2 is 2.40 bits per heavy atom. The molecule has 0 saturated carbocycles. The van der Waals surface area contributed by atoms with Gasteiger partial charge in [-0.2, -0.15) is 0 Å². The normalized spacial score (nSPS) is 15.6. The molecule has 0 bridgehead atoms. The fourth-order valence-corrected chi connectivity index (χ4v) is 1.05. The van der Waals surface area contributed by atoms with Crippen molar-refractivity contribution in [2.45, 2.75) is 6.85 Å². The molecule has 0 spiro atoms. The van der Waals surface area contributed by atoms with Gasteiger partial charge >= 0.3 is 0 Å². The molecule has 0 unspecified atom stereocenters. The molecule has 0 aliphatic rings. The van der Waals surface area contributed by atoms with Gasteiger partial charge in [0.05, 0.1) is 0 Å². The largest absolute Gasteiger partial charge is 0.399 e. The summed E-state index contributed by atoms with van der Waals surface area (Å²) in [6.45, 7) is -2.46. The van der Waals surface area contributed by atoms with Gasteiger partial charge in [0.1, 0.15) is 5.82 Å². The lowest BCUT2D eigenvalue weighted by molar-refractivity contribution is 0.618. The van der Waals surface area contributed by atoms with Crippen LogP contribution in [0.3, 0.4) is 0 Å². The molecule has 0 aromatic heterocycles. The Labute approximate surface area is 71.4 Å². The molecule has 0 radical (unpaired) electrons. The van der Waals surface area contributed by atoms with Crippen molar-refractivity contribution in [1.82, 2.24) is 0 Å². The standard InChI is InChI=1S/C7H7BrFN/c1-4-6(8)2-5(10)3-7(4)9/h2-3H,10H2,1H3/i1D3. The summed E-state index contributed by atoms with van der Waals surface area (Å²) in [5.41, 5.74) is 5.18. The van der Waals surface area contributed by atoms with Crippen LogP contribution < -0.4 is 5.73 Å². The quantitative estimate of drug-likeness (QED) is 0.649. The SMILES string of the molecule is [2H]C([2H])([2H])c1c(F)cc(N)cc1Br. The molecule has 1 rings (SSSR count). The van der Waals surface area contributed by atoms with Gasteiger partial charge in [-0.05, 0) is 24.5 Å². The van der Waals surface area contributed by atoms with Gasteiger partial charge in [0.2, 0.25) is 0 Å². The van der Waals surface area contributed by atoms with E-state index in [1.165, 1.54) is 6.07 Å². The maximum atomic E-state index is 13.1. The molecule has 10 heavy (non-hydrogen) atoms. The molecule has 1 nitrogen and oxygen atoms in total. The number of halogens is 2. The Bertz CT molecular complexity index is 314. The minimum absolute atomic E-state index is 0.171. The highest BCUT2D eigenvalue weighted by Gasteiger charge is 2.01. The van der Waals surface area contributed by atoms with E-state index in [9.17, 15) is 4.39 Å². The smallest absolute Gasteiger partial charge is 0.129 e. The molecular weight excluding hydrogens is 197 g/mol.